The van der Waals surface area contributed by atoms with E-state index in [0.29, 0.717) is 0 Å². The minimum atomic E-state index is 0.277. The van der Waals surface area contributed by atoms with Crippen molar-refractivity contribution in [3.63, 3.8) is 0 Å². The molecule has 2 aromatic heterocycles. The molecule has 5 nitrogen and oxygen atoms in total. The van der Waals surface area contributed by atoms with Crippen LogP contribution in [0.1, 0.15) is 18.4 Å². The molecule has 0 bridgehead atoms. The van der Waals surface area contributed by atoms with E-state index in [1.165, 1.54) is 5.56 Å². The summed E-state index contributed by atoms with van der Waals surface area (Å²) in [6, 6.07) is 12.2. The Kier molecular flexibility index (Phi) is 4.32. The number of rotatable bonds is 5. The highest BCUT2D eigenvalue weighted by molar-refractivity contribution is 5.77. The van der Waals surface area contributed by atoms with Crippen molar-refractivity contribution in [3.8, 4) is 17.0 Å². The molecule has 3 heterocycles. The van der Waals surface area contributed by atoms with Crippen LogP contribution < -0.4 is 10.1 Å². The fourth-order valence-corrected chi connectivity index (χ4v) is 3.29. The second kappa shape index (κ2) is 6.76. The molecule has 5 heteroatoms. The van der Waals surface area contributed by atoms with E-state index < -0.39 is 0 Å². The summed E-state index contributed by atoms with van der Waals surface area (Å²) in [4.78, 5) is 4.84. The van der Waals surface area contributed by atoms with Gasteiger partial charge in [0.1, 0.15) is 22.9 Å². The Morgan fingerprint density at radius 3 is 2.80 bits per heavy atom. The van der Waals surface area contributed by atoms with Gasteiger partial charge < -0.3 is 14.8 Å². The number of hydrogen-bond donors (Lipinski definition) is 1. The number of aromatic nitrogens is 2. The lowest BCUT2D eigenvalue weighted by molar-refractivity contribution is 0.120. The number of imidazole rings is 1. The quantitative estimate of drug-likeness (QED) is 0.767. The lowest BCUT2D eigenvalue weighted by Crippen LogP contribution is -2.19. The lowest BCUT2D eigenvalue weighted by Gasteiger charge is -2.13. The highest BCUT2D eigenvalue weighted by Crippen LogP contribution is 2.30. The van der Waals surface area contributed by atoms with Crippen molar-refractivity contribution in [1.82, 2.24) is 9.38 Å². The molecule has 25 heavy (non-hydrogen) atoms. The third kappa shape index (κ3) is 3.20. The maximum atomic E-state index is 5.75. The summed E-state index contributed by atoms with van der Waals surface area (Å²) in [5.41, 5.74) is 4.15. The molecule has 1 atom stereocenters. The van der Waals surface area contributed by atoms with E-state index >= 15 is 0 Å². The summed E-state index contributed by atoms with van der Waals surface area (Å²) < 4.78 is 13.2. The highest BCUT2D eigenvalue weighted by atomic mass is 16.5. The zero-order valence-electron chi connectivity index (χ0n) is 14.7. The van der Waals surface area contributed by atoms with Gasteiger partial charge in [0.05, 0.1) is 13.2 Å². The van der Waals surface area contributed by atoms with Gasteiger partial charge in [0, 0.05) is 24.9 Å². The molecular formula is C20H23N3O2. The van der Waals surface area contributed by atoms with Gasteiger partial charge in [0.25, 0.3) is 0 Å². The summed E-state index contributed by atoms with van der Waals surface area (Å²) >= 11 is 0. The van der Waals surface area contributed by atoms with Gasteiger partial charge in [-0.25, -0.2) is 4.98 Å². The number of anilines is 1. The third-order valence-corrected chi connectivity index (χ3v) is 4.65. The Morgan fingerprint density at radius 1 is 1.24 bits per heavy atom. The largest absolute Gasteiger partial charge is 0.497 e. The van der Waals surface area contributed by atoms with Gasteiger partial charge in [-0.3, -0.25) is 4.40 Å². The van der Waals surface area contributed by atoms with Crippen molar-refractivity contribution in [3.05, 3.63) is 48.2 Å². The highest BCUT2D eigenvalue weighted by Gasteiger charge is 2.19. The summed E-state index contributed by atoms with van der Waals surface area (Å²) in [5.74, 6) is 1.86. The van der Waals surface area contributed by atoms with Gasteiger partial charge in [-0.2, -0.15) is 0 Å². The number of hydrogen-bond acceptors (Lipinski definition) is 4. The number of nitrogens with one attached hydrogen (secondary N) is 1. The number of methoxy groups -OCH3 is 1. The standard InChI is InChI=1S/C20H23N3O2/c1-14-5-10-18-22-19(15-6-8-16(24-2)9-7-15)20(23(18)13-14)21-12-17-4-3-11-25-17/h5-10,13,17,21H,3-4,11-12H2,1-2H3/t17-/m1/s1. The van der Waals surface area contributed by atoms with E-state index in [-0.39, 0.29) is 6.10 Å². The zero-order chi connectivity index (χ0) is 17.2. The number of nitrogens with zero attached hydrogens (tertiary/aromatic N) is 2. The van der Waals surface area contributed by atoms with Crippen LogP contribution in [0.4, 0.5) is 5.82 Å². The Labute approximate surface area is 147 Å². The monoisotopic (exact) mass is 337 g/mol. The van der Waals surface area contributed by atoms with Crippen molar-refractivity contribution in [2.24, 2.45) is 0 Å². The molecule has 0 unspecified atom stereocenters. The van der Waals surface area contributed by atoms with Crippen LogP contribution in [0, 0.1) is 6.92 Å². The van der Waals surface area contributed by atoms with Crippen molar-refractivity contribution >= 4 is 11.5 Å². The Balaban J connectivity index is 1.74. The van der Waals surface area contributed by atoms with Gasteiger partial charge in [-0.15, -0.1) is 0 Å². The first-order valence-electron chi connectivity index (χ1n) is 8.73. The minimum absolute atomic E-state index is 0.277. The van der Waals surface area contributed by atoms with Crippen molar-refractivity contribution in [2.45, 2.75) is 25.9 Å². The molecule has 1 aliphatic rings. The normalized spacial score (nSPS) is 17.1. The lowest BCUT2D eigenvalue weighted by atomic mass is 10.1. The van der Waals surface area contributed by atoms with E-state index in [0.717, 1.165) is 54.5 Å². The number of ether oxygens (including phenoxy) is 2. The molecule has 0 spiro atoms. The molecule has 3 aromatic rings. The van der Waals surface area contributed by atoms with E-state index in [4.69, 9.17) is 14.5 Å². The van der Waals surface area contributed by atoms with Crippen LogP contribution in [0.5, 0.6) is 5.75 Å². The van der Waals surface area contributed by atoms with Gasteiger partial charge in [-0.05, 0) is 55.7 Å². The van der Waals surface area contributed by atoms with Crippen LogP contribution in [0.25, 0.3) is 16.9 Å². The van der Waals surface area contributed by atoms with E-state index in [1.807, 2.05) is 24.3 Å². The predicted molar refractivity (Wildman–Crippen MR) is 99.4 cm³/mol. The van der Waals surface area contributed by atoms with Crippen LogP contribution in [-0.2, 0) is 4.74 Å². The summed E-state index contributed by atoms with van der Waals surface area (Å²) in [5, 5.41) is 3.58. The molecule has 1 aromatic carbocycles. The fourth-order valence-electron chi connectivity index (χ4n) is 3.29. The maximum Gasteiger partial charge on any atom is 0.139 e. The van der Waals surface area contributed by atoms with Crippen LogP contribution >= 0.6 is 0 Å². The second-order valence-electron chi connectivity index (χ2n) is 6.49. The molecule has 1 aliphatic heterocycles. The first-order chi connectivity index (χ1) is 12.2. The predicted octanol–water partition coefficient (Wildman–Crippen LogP) is 3.91. The summed E-state index contributed by atoms with van der Waals surface area (Å²) in [7, 11) is 1.68. The van der Waals surface area contributed by atoms with Crippen LogP contribution in [0.3, 0.4) is 0 Å². The number of benzene rings is 1. The molecule has 1 fully saturated rings. The maximum absolute atomic E-state index is 5.75. The summed E-state index contributed by atoms with van der Waals surface area (Å²) in [6.07, 6.45) is 4.65. The second-order valence-corrected chi connectivity index (χ2v) is 6.49. The average molecular weight is 337 g/mol. The molecule has 4 rings (SSSR count). The summed E-state index contributed by atoms with van der Waals surface area (Å²) in [6.45, 7) is 3.76. The van der Waals surface area contributed by atoms with Crippen LogP contribution in [0.15, 0.2) is 42.6 Å². The molecule has 1 N–H and O–H groups in total. The molecule has 0 saturated carbocycles. The number of aryl methyl sites for hydroxylation is 1. The number of fused-ring (bicyclic) bond motifs is 1. The first kappa shape index (κ1) is 16.0. The van der Waals surface area contributed by atoms with Crippen LogP contribution in [0.2, 0.25) is 0 Å². The van der Waals surface area contributed by atoms with Gasteiger partial charge >= 0.3 is 0 Å². The van der Waals surface area contributed by atoms with Crippen molar-refractivity contribution in [2.75, 3.05) is 25.6 Å². The molecule has 0 amide bonds. The average Bonchev–Trinajstić information content (AvgIpc) is 3.27. The fraction of sp³-hybridized carbons (Fsp3) is 0.350. The van der Waals surface area contributed by atoms with Gasteiger partial charge in [-0.1, -0.05) is 6.07 Å². The third-order valence-electron chi connectivity index (χ3n) is 4.65. The molecule has 0 aliphatic carbocycles. The molecule has 1 saturated heterocycles. The van der Waals surface area contributed by atoms with Crippen molar-refractivity contribution in [1.29, 1.82) is 0 Å². The smallest absolute Gasteiger partial charge is 0.139 e. The van der Waals surface area contributed by atoms with Gasteiger partial charge in [0.15, 0.2) is 0 Å². The van der Waals surface area contributed by atoms with E-state index in [9.17, 15) is 0 Å². The van der Waals surface area contributed by atoms with E-state index in [1.54, 1.807) is 7.11 Å². The Bertz CT molecular complexity index is 865. The number of pyridine rings is 1. The molecular weight excluding hydrogens is 314 g/mol. The molecule has 130 valence electrons. The zero-order valence-corrected chi connectivity index (χ0v) is 14.7. The first-order valence-corrected chi connectivity index (χ1v) is 8.73. The SMILES string of the molecule is COc1ccc(-c2nc3ccc(C)cn3c2NC[C@H]2CCCO2)cc1. The van der Waals surface area contributed by atoms with Crippen molar-refractivity contribution < 1.29 is 9.47 Å². The topological polar surface area (TPSA) is 47.8 Å². The Morgan fingerprint density at radius 2 is 2.08 bits per heavy atom. The van der Waals surface area contributed by atoms with Crippen LogP contribution in [-0.4, -0.2) is 35.8 Å². The Hall–Kier alpha value is -2.53. The molecule has 0 radical (unpaired) electrons. The van der Waals surface area contributed by atoms with Gasteiger partial charge in [0.2, 0.25) is 0 Å². The minimum Gasteiger partial charge on any atom is -0.497 e. The van der Waals surface area contributed by atoms with E-state index in [2.05, 4.69) is 35.0 Å².